The van der Waals surface area contributed by atoms with Crippen LogP contribution in [-0.2, 0) is 36.0 Å². The van der Waals surface area contributed by atoms with Crippen LogP contribution < -0.4 is 0 Å². The van der Waals surface area contributed by atoms with Crippen molar-refractivity contribution in [2.45, 2.75) is 32.7 Å². The molecule has 4 rings (SSSR count). The fraction of sp³-hybridized carbons (Fsp3) is 0.524. The van der Waals surface area contributed by atoms with Gasteiger partial charge in [0, 0.05) is 69.9 Å². The highest BCUT2D eigenvalue weighted by atomic mass is 16.5. The van der Waals surface area contributed by atoms with Gasteiger partial charge in [-0.3, -0.25) is 19.3 Å². The highest BCUT2D eigenvalue weighted by Crippen LogP contribution is 2.25. The van der Waals surface area contributed by atoms with E-state index in [2.05, 4.69) is 10.1 Å². The highest BCUT2D eigenvalue weighted by molar-refractivity contribution is 5.93. The van der Waals surface area contributed by atoms with Crippen LogP contribution in [-0.4, -0.2) is 69.2 Å². The molecule has 0 radical (unpaired) electrons. The molecule has 2 amide bonds. The third-order valence-corrected chi connectivity index (χ3v) is 5.76. The molecule has 0 aromatic carbocycles. The maximum Gasteiger partial charge on any atom is 0.273 e. The number of pyridine rings is 1. The van der Waals surface area contributed by atoms with Crippen LogP contribution in [0, 0.1) is 6.92 Å². The molecule has 29 heavy (non-hydrogen) atoms. The number of amides is 2. The summed E-state index contributed by atoms with van der Waals surface area (Å²) in [6.45, 7) is 5.59. The Balaban J connectivity index is 1.47. The number of morpholine rings is 1. The van der Waals surface area contributed by atoms with Crippen molar-refractivity contribution in [1.29, 1.82) is 0 Å². The lowest BCUT2D eigenvalue weighted by molar-refractivity contribution is -0.135. The summed E-state index contributed by atoms with van der Waals surface area (Å²) in [4.78, 5) is 33.5. The molecule has 4 heterocycles. The summed E-state index contributed by atoms with van der Waals surface area (Å²) < 4.78 is 7.22. The number of nitrogens with zero attached hydrogens (tertiary/aromatic N) is 5. The smallest absolute Gasteiger partial charge is 0.273 e. The topological polar surface area (TPSA) is 80.6 Å². The Kier molecular flexibility index (Phi) is 5.62. The molecule has 0 atom stereocenters. The van der Waals surface area contributed by atoms with Crippen LogP contribution >= 0.6 is 0 Å². The molecule has 154 valence electrons. The molecule has 2 aromatic rings. The quantitative estimate of drug-likeness (QED) is 0.772. The van der Waals surface area contributed by atoms with E-state index in [0.29, 0.717) is 57.9 Å². The molecule has 8 heteroatoms. The molecule has 0 aliphatic carbocycles. The number of carbonyl (C=O) groups is 2. The zero-order valence-electron chi connectivity index (χ0n) is 17.1. The molecular formula is C21H27N5O3. The number of hydrogen-bond donors (Lipinski definition) is 0. The molecule has 0 bridgehead atoms. The first-order valence-corrected chi connectivity index (χ1v) is 10.1. The van der Waals surface area contributed by atoms with Crippen molar-refractivity contribution in [3.63, 3.8) is 0 Å². The van der Waals surface area contributed by atoms with Crippen molar-refractivity contribution in [1.82, 2.24) is 24.6 Å². The van der Waals surface area contributed by atoms with Crippen molar-refractivity contribution >= 4 is 11.8 Å². The minimum Gasteiger partial charge on any atom is -0.378 e. The van der Waals surface area contributed by atoms with Gasteiger partial charge in [-0.2, -0.15) is 5.10 Å². The van der Waals surface area contributed by atoms with Crippen LogP contribution in [0.15, 0.2) is 18.3 Å². The first-order valence-electron chi connectivity index (χ1n) is 10.1. The normalized spacial score (nSPS) is 16.6. The predicted molar refractivity (Wildman–Crippen MR) is 106 cm³/mol. The zero-order chi connectivity index (χ0) is 20.4. The van der Waals surface area contributed by atoms with E-state index < -0.39 is 0 Å². The van der Waals surface area contributed by atoms with Crippen LogP contribution in [0.3, 0.4) is 0 Å². The molecule has 0 N–H and O–H groups in total. The first-order chi connectivity index (χ1) is 14.0. The van der Waals surface area contributed by atoms with Gasteiger partial charge in [-0.25, -0.2) is 0 Å². The molecular weight excluding hydrogens is 370 g/mol. The number of hydrogen-bond acceptors (Lipinski definition) is 5. The summed E-state index contributed by atoms with van der Waals surface area (Å²) in [6, 6.07) is 3.74. The summed E-state index contributed by atoms with van der Waals surface area (Å²) in [7, 11) is 1.94. The lowest BCUT2D eigenvalue weighted by Gasteiger charge is -2.28. The van der Waals surface area contributed by atoms with Crippen LogP contribution in [0.4, 0.5) is 0 Å². The molecule has 1 fully saturated rings. The molecule has 0 saturated carbocycles. The number of ether oxygens (including phenoxy) is 1. The number of rotatable bonds is 4. The largest absolute Gasteiger partial charge is 0.378 e. The molecule has 2 aliphatic heterocycles. The van der Waals surface area contributed by atoms with E-state index in [0.717, 1.165) is 28.9 Å². The molecule has 8 nitrogen and oxygen atoms in total. The second kappa shape index (κ2) is 8.32. The Labute approximate surface area is 170 Å². The average Bonchev–Trinajstić information content (AvgIpc) is 3.07. The summed E-state index contributed by atoms with van der Waals surface area (Å²) in [6.07, 6.45) is 3.43. The number of aryl methyl sites for hydroxylation is 3. The summed E-state index contributed by atoms with van der Waals surface area (Å²) in [5, 5.41) is 4.66. The Morgan fingerprint density at radius 1 is 1.17 bits per heavy atom. The minimum absolute atomic E-state index is 0.0482. The van der Waals surface area contributed by atoms with Gasteiger partial charge in [-0.15, -0.1) is 0 Å². The number of aromatic nitrogens is 3. The van der Waals surface area contributed by atoms with E-state index in [1.54, 1.807) is 6.20 Å². The summed E-state index contributed by atoms with van der Waals surface area (Å²) in [5.41, 5.74) is 4.53. The average molecular weight is 397 g/mol. The van der Waals surface area contributed by atoms with E-state index in [-0.39, 0.29) is 11.8 Å². The van der Waals surface area contributed by atoms with Gasteiger partial charge in [-0.05, 0) is 18.6 Å². The number of fused-ring (bicyclic) bond motifs is 1. The number of carbonyl (C=O) groups excluding carboxylic acids is 2. The Hall–Kier alpha value is -2.74. The monoisotopic (exact) mass is 397 g/mol. The van der Waals surface area contributed by atoms with Gasteiger partial charge in [0.25, 0.3) is 5.91 Å². The first kappa shape index (κ1) is 19.6. The van der Waals surface area contributed by atoms with Crippen molar-refractivity contribution < 1.29 is 14.3 Å². The van der Waals surface area contributed by atoms with Crippen molar-refractivity contribution in [3.05, 3.63) is 46.5 Å². The van der Waals surface area contributed by atoms with Crippen LogP contribution in [0.2, 0.25) is 0 Å². The highest BCUT2D eigenvalue weighted by Gasteiger charge is 2.28. The maximum atomic E-state index is 13.0. The van der Waals surface area contributed by atoms with Gasteiger partial charge < -0.3 is 14.5 Å². The Bertz CT molecular complexity index is 917. The van der Waals surface area contributed by atoms with Crippen molar-refractivity contribution in [3.8, 4) is 0 Å². The summed E-state index contributed by atoms with van der Waals surface area (Å²) >= 11 is 0. The molecule has 1 saturated heterocycles. The second-order valence-electron chi connectivity index (χ2n) is 7.63. The van der Waals surface area contributed by atoms with Gasteiger partial charge in [0.1, 0.15) is 5.69 Å². The molecule has 0 spiro atoms. The lowest BCUT2D eigenvalue weighted by Crippen LogP contribution is -2.40. The third kappa shape index (κ3) is 4.03. The zero-order valence-corrected chi connectivity index (χ0v) is 17.1. The Morgan fingerprint density at radius 2 is 1.97 bits per heavy atom. The summed E-state index contributed by atoms with van der Waals surface area (Å²) in [5.74, 6) is 0.0912. The van der Waals surface area contributed by atoms with Gasteiger partial charge in [0.05, 0.1) is 18.9 Å². The van der Waals surface area contributed by atoms with E-state index >= 15 is 0 Å². The maximum absolute atomic E-state index is 13.0. The lowest BCUT2D eigenvalue weighted by atomic mass is 10.0. The van der Waals surface area contributed by atoms with Gasteiger partial charge in [0.15, 0.2) is 0 Å². The Morgan fingerprint density at radius 3 is 2.72 bits per heavy atom. The predicted octanol–water partition coefficient (Wildman–Crippen LogP) is 1.11. The SMILES string of the molecule is Cc1cccnc1C(=O)N1CCc2c(c(CCC(=O)N3CCOCC3)nn2C)C1. The van der Waals surface area contributed by atoms with Crippen molar-refractivity contribution in [2.24, 2.45) is 7.05 Å². The van der Waals surface area contributed by atoms with E-state index in [4.69, 9.17) is 4.74 Å². The van der Waals surface area contributed by atoms with E-state index in [1.165, 1.54) is 0 Å². The van der Waals surface area contributed by atoms with Gasteiger partial charge >= 0.3 is 0 Å². The second-order valence-corrected chi connectivity index (χ2v) is 7.63. The minimum atomic E-state index is -0.0482. The fourth-order valence-corrected chi connectivity index (χ4v) is 4.10. The standard InChI is InChI=1S/C21H27N5O3/c1-15-4-3-8-22-20(15)21(28)26-9-7-18-16(14-26)17(23-24(18)2)5-6-19(27)25-10-12-29-13-11-25/h3-4,8H,5-7,9-14H2,1-2H3. The third-order valence-electron chi connectivity index (χ3n) is 5.76. The van der Waals surface area contributed by atoms with Crippen LogP contribution in [0.5, 0.6) is 0 Å². The molecule has 2 aromatic heterocycles. The van der Waals surface area contributed by atoms with Gasteiger partial charge in [-0.1, -0.05) is 6.07 Å². The van der Waals surface area contributed by atoms with Crippen LogP contribution in [0.1, 0.15) is 39.4 Å². The van der Waals surface area contributed by atoms with E-state index in [9.17, 15) is 9.59 Å². The van der Waals surface area contributed by atoms with Crippen molar-refractivity contribution in [2.75, 3.05) is 32.8 Å². The molecule has 0 unspecified atom stereocenters. The van der Waals surface area contributed by atoms with E-state index in [1.807, 2.05) is 40.6 Å². The fourth-order valence-electron chi connectivity index (χ4n) is 4.10. The molecule has 2 aliphatic rings. The van der Waals surface area contributed by atoms with Crippen LogP contribution in [0.25, 0.3) is 0 Å². The van der Waals surface area contributed by atoms with Gasteiger partial charge in [0.2, 0.25) is 5.91 Å².